The number of likely N-dealkylation sites (N-methyl/N-ethyl adjacent to an activating group) is 1. The largest absolute Gasteiger partial charge is 0.346 e. The van der Waals surface area contributed by atoms with Gasteiger partial charge in [-0.1, -0.05) is 30.3 Å². The molecule has 3 rings (SSSR count). The summed E-state index contributed by atoms with van der Waals surface area (Å²) < 4.78 is 0. The van der Waals surface area contributed by atoms with Crippen molar-refractivity contribution in [1.82, 2.24) is 19.8 Å². The Kier molecular flexibility index (Phi) is 4.79. The third-order valence-corrected chi connectivity index (χ3v) is 4.63. The fourth-order valence-electron chi connectivity index (χ4n) is 3.50. The molecule has 1 aromatic heterocycles. The predicted molar refractivity (Wildman–Crippen MR) is 93.5 cm³/mol. The van der Waals surface area contributed by atoms with Gasteiger partial charge in [0.2, 0.25) is 5.91 Å². The van der Waals surface area contributed by atoms with Crippen molar-refractivity contribution in [2.75, 3.05) is 20.6 Å². The summed E-state index contributed by atoms with van der Waals surface area (Å²) in [6, 6.07) is 9.59. The summed E-state index contributed by atoms with van der Waals surface area (Å²) >= 11 is 0. The number of carbonyl (C=O) groups excluding carboxylic acids is 2. The van der Waals surface area contributed by atoms with Gasteiger partial charge in [-0.25, -0.2) is 0 Å². The molecular formula is C19H22N4O2. The molecule has 6 heteroatoms. The number of rotatable bonds is 4. The van der Waals surface area contributed by atoms with E-state index in [4.69, 9.17) is 0 Å². The maximum Gasteiger partial charge on any atom is 0.254 e. The summed E-state index contributed by atoms with van der Waals surface area (Å²) in [4.78, 5) is 37.8. The molecule has 0 aliphatic carbocycles. The van der Waals surface area contributed by atoms with Gasteiger partial charge in [0.05, 0.1) is 18.3 Å². The number of carbonyl (C=O) groups is 2. The normalized spacial score (nSPS) is 19.7. The molecule has 1 aromatic carbocycles. The second-order valence-corrected chi connectivity index (χ2v) is 6.46. The van der Waals surface area contributed by atoms with Gasteiger partial charge in [0.1, 0.15) is 0 Å². The fraction of sp³-hybridized carbons (Fsp3) is 0.368. The van der Waals surface area contributed by atoms with Crippen LogP contribution in [-0.2, 0) is 21.5 Å². The molecule has 25 heavy (non-hydrogen) atoms. The van der Waals surface area contributed by atoms with Crippen LogP contribution in [0, 0.1) is 0 Å². The van der Waals surface area contributed by atoms with Gasteiger partial charge >= 0.3 is 0 Å². The minimum atomic E-state index is -1.07. The van der Waals surface area contributed by atoms with Crippen LogP contribution in [0.2, 0.25) is 0 Å². The van der Waals surface area contributed by atoms with Gasteiger partial charge in [-0.2, -0.15) is 0 Å². The number of likely N-dealkylation sites (tertiary alicyclic amines) is 1. The lowest BCUT2D eigenvalue weighted by Crippen LogP contribution is -2.55. The molecule has 130 valence electrons. The molecule has 0 N–H and O–H groups in total. The van der Waals surface area contributed by atoms with Crippen LogP contribution in [0.5, 0.6) is 0 Å². The summed E-state index contributed by atoms with van der Waals surface area (Å²) in [7, 11) is 3.41. The highest BCUT2D eigenvalue weighted by atomic mass is 16.2. The van der Waals surface area contributed by atoms with Gasteiger partial charge < -0.3 is 9.80 Å². The van der Waals surface area contributed by atoms with Crippen LogP contribution in [-0.4, -0.2) is 52.2 Å². The number of amides is 2. The van der Waals surface area contributed by atoms with Crippen molar-refractivity contribution in [2.45, 2.75) is 24.8 Å². The third-order valence-electron chi connectivity index (χ3n) is 4.63. The molecule has 2 aromatic rings. The number of benzene rings is 1. The lowest BCUT2D eigenvalue weighted by atomic mass is 9.89. The van der Waals surface area contributed by atoms with Gasteiger partial charge in [0, 0.05) is 33.0 Å². The highest BCUT2D eigenvalue weighted by Crippen LogP contribution is 2.39. The molecule has 1 aliphatic rings. The van der Waals surface area contributed by atoms with E-state index in [1.54, 1.807) is 37.6 Å². The molecule has 2 heterocycles. The van der Waals surface area contributed by atoms with Crippen LogP contribution in [0.25, 0.3) is 0 Å². The zero-order chi connectivity index (χ0) is 17.9. The Morgan fingerprint density at radius 1 is 1.20 bits per heavy atom. The van der Waals surface area contributed by atoms with Gasteiger partial charge in [-0.15, -0.1) is 0 Å². The van der Waals surface area contributed by atoms with Crippen molar-refractivity contribution in [3.8, 4) is 0 Å². The lowest BCUT2D eigenvalue weighted by molar-refractivity contribution is -0.150. The minimum absolute atomic E-state index is 0.0652. The zero-order valence-electron chi connectivity index (χ0n) is 14.6. The Labute approximate surface area is 147 Å². The quantitative estimate of drug-likeness (QED) is 0.850. The molecule has 0 bridgehead atoms. The summed E-state index contributed by atoms with van der Waals surface area (Å²) in [5, 5.41) is 0. The second-order valence-electron chi connectivity index (χ2n) is 6.46. The first-order valence-electron chi connectivity index (χ1n) is 8.38. The summed E-state index contributed by atoms with van der Waals surface area (Å²) in [6.07, 6.45) is 6.32. The van der Waals surface area contributed by atoms with Crippen molar-refractivity contribution < 1.29 is 9.59 Å². The first-order chi connectivity index (χ1) is 12.1. The van der Waals surface area contributed by atoms with Crippen LogP contribution in [0.15, 0.2) is 48.9 Å². The highest BCUT2D eigenvalue weighted by molar-refractivity contribution is 5.93. The summed E-state index contributed by atoms with van der Waals surface area (Å²) in [6.45, 7) is 0.543. The first-order valence-corrected chi connectivity index (χ1v) is 8.38. The average molecular weight is 338 g/mol. The van der Waals surface area contributed by atoms with Gasteiger partial charge in [0.15, 0.2) is 5.54 Å². The Hall–Kier alpha value is -2.76. The summed E-state index contributed by atoms with van der Waals surface area (Å²) in [5.41, 5.74) is 0.404. The van der Waals surface area contributed by atoms with Gasteiger partial charge in [-0.05, 0) is 18.4 Å². The van der Waals surface area contributed by atoms with E-state index in [2.05, 4.69) is 9.97 Å². The van der Waals surface area contributed by atoms with Crippen molar-refractivity contribution in [1.29, 1.82) is 0 Å². The second kappa shape index (κ2) is 7.01. The predicted octanol–water partition coefficient (Wildman–Crippen LogP) is 1.63. The minimum Gasteiger partial charge on any atom is -0.346 e. The standard InChI is InChI=1S/C19H22N4O2/c1-22(2)18(25)19(16-14-20-10-11-21-16)9-6-12-23(19)17(24)13-15-7-4-3-5-8-15/h3-5,7-8,10-11,14H,6,9,12-13H2,1-2H3/t19-/m0/s1. The van der Waals surface area contributed by atoms with E-state index < -0.39 is 5.54 Å². The molecule has 2 amide bonds. The van der Waals surface area contributed by atoms with Crippen molar-refractivity contribution >= 4 is 11.8 Å². The zero-order valence-corrected chi connectivity index (χ0v) is 14.6. The molecule has 0 saturated carbocycles. The Morgan fingerprint density at radius 2 is 1.96 bits per heavy atom. The monoisotopic (exact) mass is 338 g/mol. The lowest BCUT2D eigenvalue weighted by Gasteiger charge is -2.38. The molecule has 1 fully saturated rings. The van der Waals surface area contributed by atoms with Crippen LogP contribution < -0.4 is 0 Å². The van der Waals surface area contributed by atoms with E-state index in [1.165, 1.54) is 4.90 Å². The van der Waals surface area contributed by atoms with Crippen molar-refractivity contribution in [3.05, 3.63) is 60.2 Å². The Morgan fingerprint density at radius 3 is 2.60 bits per heavy atom. The Bertz CT molecular complexity index is 749. The number of hydrogen-bond donors (Lipinski definition) is 0. The van der Waals surface area contributed by atoms with Gasteiger partial charge in [0.25, 0.3) is 5.91 Å². The first kappa shape index (κ1) is 17.1. The van der Waals surface area contributed by atoms with Crippen LogP contribution in [0.3, 0.4) is 0 Å². The average Bonchev–Trinajstić information content (AvgIpc) is 3.08. The molecule has 1 atom stereocenters. The summed E-state index contributed by atoms with van der Waals surface area (Å²) in [5.74, 6) is -0.198. The van der Waals surface area contributed by atoms with Crippen molar-refractivity contribution in [2.24, 2.45) is 0 Å². The number of hydrogen-bond acceptors (Lipinski definition) is 4. The maximum atomic E-state index is 13.1. The smallest absolute Gasteiger partial charge is 0.254 e. The molecule has 6 nitrogen and oxygen atoms in total. The topological polar surface area (TPSA) is 66.4 Å². The van der Waals surface area contributed by atoms with E-state index in [9.17, 15) is 9.59 Å². The molecular weight excluding hydrogens is 316 g/mol. The molecule has 0 unspecified atom stereocenters. The number of nitrogens with zero attached hydrogens (tertiary/aromatic N) is 4. The van der Waals surface area contributed by atoms with Crippen LogP contribution in [0.1, 0.15) is 24.1 Å². The van der Waals surface area contributed by atoms with E-state index in [0.29, 0.717) is 18.7 Å². The molecule has 1 saturated heterocycles. The van der Waals surface area contributed by atoms with Crippen LogP contribution >= 0.6 is 0 Å². The molecule has 1 aliphatic heterocycles. The molecule has 0 spiro atoms. The van der Waals surface area contributed by atoms with E-state index in [-0.39, 0.29) is 18.2 Å². The van der Waals surface area contributed by atoms with E-state index in [0.717, 1.165) is 12.0 Å². The molecule has 0 radical (unpaired) electrons. The SMILES string of the molecule is CN(C)C(=O)[C@@]1(c2cnccn2)CCCN1C(=O)Cc1ccccc1. The van der Waals surface area contributed by atoms with Gasteiger partial charge in [-0.3, -0.25) is 19.6 Å². The van der Waals surface area contributed by atoms with Crippen LogP contribution in [0.4, 0.5) is 0 Å². The fourth-order valence-corrected chi connectivity index (χ4v) is 3.50. The van der Waals surface area contributed by atoms with E-state index in [1.807, 2.05) is 30.3 Å². The van der Waals surface area contributed by atoms with E-state index >= 15 is 0 Å². The Balaban J connectivity index is 1.99. The third kappa shape index (κ3) is 3.12. The van der Waals surface area contributed by atoms with Crippen molar-refractivity contribution in [3.63, 3.8) is 0 Å². The highest BCUT2D eigenvalue weighted by Gasteiger charge is 2.52. The maximum absolute atomic E-state index is 13.1. The number of aromatic nitrogens is 2.